The molecule has 0 amide bonds. The molecule has 112 valence electrons. The number of hydrogen-bond donors (Lipinski definition) is 2. The molecule has 2 N–H and O–H groups in total. The molecule has 1 fully saturated rings. The minimum absolute atomic E-state index is 0.0700. The average Bonchev–Trinajstić information content (AvgIpc) is 2.52. The maximum Gasteiger partial charge on any atom is 0.153 e. The zero-order valence-corrected chi connectivity index (χ0v) is 12.9. The molecule has 4 heteroatoms. The number of aromatic hydroxyl groups is 2. The van der Waals surface area contributed by atoms with Crippen molar-refractivity contribution in [3.05, 3.63) is 29.8 Å². The topological polar surface area (TPSA) is 63.5 Å². The van der Waals surface area contributed by atoms with Crippen molar-refractivity contribution in [1.82, 2.24) is 0 Å². The van der Waals surface area contributed by atoms with Gasteiger partial charge in [0.15, 0.2) is 4.90 Å². The summed E-state index contributed by atoms with van der Waals surface area (Å²) in [5, 5.41) is 21.6. The number of phenols is 2. The van der Waals surface area contributed by atoms with E-state index >= 15 is 0 Å². The fourth-order valence-corrected chi connectivity index (χ4v) is 4.64. The van der Waals surface area contributed by atoms with Crippen molar-refractivity contribution in [3.63, 3.8) is 0 Å². The second-order valence-electron chi connectivity index (χ2n) is 5.81. The third kappa shape index (κ3) is 2.70. The van der Waals surface area contributed by atoms with Crippen LogP contribution in [0.15, 0.2) is 29.2 Å². The van der Waals surface area contributed by atoms with E-state index in [1.807, 2.05) is 12.1 Å². The van der Waals surface area contributed by atoms with Gasteiger partial charge in [-0.25, -0.2) is 0 Å². The van der Waals surface area contributed by atoms with E-state index in [0.717, 1.165) is 36.0 Å². The number of benzene rings is 2. The van der Waals surface area contributed by atoms with Crippen LogP contribution < -0.4 is 0 Å². The van der Waals surface area contributed by atoms with Crippen LogP contribution in [0.2, 0.25) is 0 Å². The van der Waals surface area contributed by atoms with E-state index in [1.54, 1.807) is 19.1 Å². The first kappa shape index (κ1) is 14.5. The molecule has 0 saturated heterocycles. The van der Waals surface area contributed by atoms with Gasteiger partial charge in [0.1, 0.15) is 16.7 Å². The van der Waals surface area contributed by atoms with Gasteiger partial charge < -0.3 is 14.8 Å². The van der Waals surface area contributed by atoms with Gasteiger partial charge in [-0.2, -0.15) is 0 Å². The molecule has 3 rings (SSSR count). The normalized spacial score (nSPS) is 18.0. The van der Waals surface area contributed by atoms with Crippen LogP contribution in [0, 0.1) is 6.92 Å². The lowest BCUT2D eigenvalue weighted by Gasteiger charge is -2.24. The highest BCUT2D eigenvalue weighted by Crippen LogP contribution is 2.37. The van der Waals surface area contributed by atoms with Gasteiger partial charge in [0.05, 0.1) is 0 Å². The standard InChI is InChI=1S/C17H20O3S/c1-11-16(18)10-12-9-14(7-8-15(12)17(11)19)21(20)13-5-3-2-4-6-13/h7-10,13,18-19H,2-6H2,1H3. The quantitative estimate of drug-likeness (QED) is 0.824. The minimum atomic E-state index is -1.01. The molecule has 0 spiro atoms. The van der Waals surface area contributed by atoms with E-state index in [1.165, 1.54) is 6.42 Å². The van der Waals surface area contributed by atoms with E-state index in [4.69, 9.17) is 0 Å². The third-order valence-corrected chi connectivity index (χ3v) is 6.19. The third-order valence-electron chi connectivity index (χ3n) is 4.40. The molecule has 2 aromatic carbocycles. The van der Waals surface area contributed by atoms with Crippen molar-refractivity contribution in [1.29, 1.82) is 0 Å². The Morgan fingerprint density at radius 2 is 1.81 bits per heavy atom. The second kappa shape index (κ2) is 5.78. The largest absolute Gasteiger partial charge is 0.611 e. The fraction of sp³-hybridized carbons (Fsp3) is 0.412. The summed E-state index contributed by atoms with van der Waals surface area (Å²) in [5.41, 5.74) is 0.476. The molecule has 1 atom stereocenters. The Morgan fingerprint density at radius 1 is 1.10 bits per heavy atom. The van der Waals surface area contributed by atoms with E-state index in [-0.39, 0.29) is 16.7 Å². The summed E-state index contributed by atoms with van der Waals surface area (Å²) >= 11 is -1.01. The molecule has 0 aliphatic heterocycles. The molecule has 1 unspecified atom stereocenters. The molecule has 0 aromatic heterocycles. The highest BCUT2D eigenvalue weighted by atomic mass is 32.2. The van der Waals surface area contributed by atoms with Gasteiger partial charge in [0, 0.05) is 17.0 Å². The van der Waals surface area contributed by atoms with Crippen LogP contribution in [0.4, 0.5) is 0 Å². The first-order valence-electron chi connectivity index (χ1n) is 7.44. The van der Waals surface area contributed by atoms with E-state index in [0.29, 0.717) is 10.9 Å². The zero-order valence-electron chi connectivity index (χ0n) is 12.1. The van der Waals surface area contributed by atoms with Gasteiger partial charge in [-0.15, -0.1) is 0 Å². The number of fused-ring (bicyclic) bond motifs is 1. The fourth-order valence-electron chi connectivity index (χ4n) is 3.05. The van der Waals surface area contributed by atoms with Crippen LogP contribution in [0.5, 0.6) is 11.5 Å². The molecular weight excluding hydrogens is 284 g/mol. The van der Waals surface area contributed by atoms with Crippen LogP contribution in [0.1, 0.15) is 37.7 Å². The maximum absolute atomic E-state index is 12.7. The molecule has 1 aliphatic rings. The lowest BCUT2D eigenvalue weighted by Crippen LogP contribution is -2.24. The minimum Gasteiger partial charge on any atom is -0.611 e. The summed E-state index contributed by atoms with van der Waals surface area (Å²) in [6, 6.07) is 7.10. The van der Waals surface area contributed by atoms with Gasteiger partial charge in [-0.05, 0) is 67.4 Å². The Hall–Kier alpha value is -1.39. The Bertz CT molecular complexity index is 663. The van der Waals surface area contributed by atoms with Gasteiger partial charge in [-0.3, -0.25) is 0 Å². The molecule has 0 heterocycles. The van der Waals surface area contributed by atoms with Crippen LogP contribution >= 0.6 is 0 Å². The van der Waals surface area contributed by atoms with E-state index in [2.05, 4.69) is 0 Å². The number of phenolic OH excluding ortho intramolecular Hbond substituents is 2. The molecule has 21 heavy (non-hydrogen) atoms. The van der Waals surface area contributed by atoms with Crippen molar-refractivity contribution < 1.29 is 14.8 Å². The summed E-state index contributed by atoms with van der Waals surface area (Å²) < 4.78 is 12.7. The average molecular weight is 304 g/mol. The van der Waals surface area contributed by atoms with Gasteiger partial charge in [-0.1, -0.05) is 6.42 Å². The zero-order chi connectivity index (χ0) is 15.0. The maximum atomic E-state index is 12.7. The van der Waals surface area contributed by atoms with Crippen molar-refractivity contribution in [3.8, 4) is 11.5 Å². The SMILES string of the molecule is Cc1c(O)cc2cc([S+]([O-])C3CCCCC3)ccc2c1O. The molecule has 1 saturated carbocycles. The van der Waals surface area contributed by atoms with Gasteiger partial charge >= 0.3 is 0 Å². The second-order valence-corrected chi connectivity index (χ2v) is 7.54. The van der Waals surface area contributed by atoms with E-state index in [9.17, 15) is 14.8 Å². The van der Waals surface area contributed by atoms with Gasteiger partial charge in [0.2, 0.25) is 0 Å². The molecular formula is C17H20O3S. The monoisotopic (exact) mass is 304 g/mol. The number of hydrogen-bond acceptors (Lipinski definition) is 3. The van der Waals surface area contributed by atoms with Crippen molar-refractivity contribution in [2.24, 2.45) is 0 Å². The molecule has 0 radical (unpaired) electrons. The van der Waals surface area contributed by atoms with Crippen molar-refractivity contribution in [2.75, 3.05) is 0 Å². The highest BCUT2D eigenvalue weighted by Gasteiger charge is 2.27. The first-order chi connectivity index (χ1) is 10.1. The predicted octanol–water partition coefficient (Wildman–Crippen LogP) is 4.00. The smallest absolute Gasteiger partial charge is 0.153 e. The van der Waals surface area contributed by atoms with Crippen molar-refractivity contribution >= 4 is 21.9 Å². The molecule has 0 bridgehead atoms. The van der Waals surface area contributed by atoms with Crippen LogP contribution in [-0.2, 0) is 11.2 Å². The number of rotatable bonds is 2. The van der Waals surface area contributed by atoms with Crippen molar-refractivity contribution in [2.45, 2.75) is 49.2 Å². The lowest BCUT2D eigenvalue weighted by molar-refractivity contribution is 0.448. The van der Waals surface area contributed by atoms with Crippen LogP contribution in [-0.4, -0.2) is 20.0 Å². The Labute approximate surface area is 127 Å². The molecule has 1 aliphatic carbocycles. The molecule has 2 aromatic rings. The summed E-state index contributed by atoms with van der Waals surface area (Å²) in [6.07, 6.45) is 5.60. The highest BCUT2D eigenvalue weighted by molar-refractivity contribution is 7.92. The predicted molar refractivity (Wildman–Crippen MR) is 85.3 cm³/mol. The Balaban J connectivity index is 1.98. The summed E-state index contributed by atoms with van der Waals surface area (Å²) in [5.74, 6) is 0.167. The first-order valence-corrected chi connectivity index (χ1v) is 8.65. The summed E-state index contributed by atoms with van der Waals surface area (Å²) in [4.78, 5) is 0.789. The lowest BCUT2D eigenvalue weighted by atomic mass is 10.0. The Morgan fingerprint density at radius 3 is 2.52 bits per heavy atom. The van der Waals surface area contributed by atoms with Crippen LogP contribution in [0.25, 0.3) is 10.8 Å². The van der Waals surface area contributed by atoms with Crippen LogP contribution in [0.3, 0.4) is 0 Å². The van der Waals surface area contributed by atoms with E-state index < -0.39 is 11.2 Å². The summed E-state index contributed by atoms with van der Waals surface area (Å²) in [6.45, 7) is 1.68. The Kier molecular flexibility index (Phi) is 4.00. The van der Waals surface area contributed by atoms with Gasteiger partial charge in [0.25, 0.3) is 0 Å². The summed E-state index contributed by atoms with van der Waals surface area (Å²) in [7, 11) is 0. The molecule has 3 nitrogen and oxygen atoms in total.